The molecule has 0 saturated heterocycles. The molecule has 0 N–H and O–H groups in total. The second-order valence-corrected chi connectivity index (χ2v) is 17.4. The molecule has 14 rings (SSSR count). The molecule has 4 heterocycles. The maximum absolute atomic E-state index is 6.48. The molecule has 5 aliphatic rings. The highest BCUT2D eigenvalue weighted by Crippen LogP contribution is 2.69. The van der Waals surface area contributed by atoms with Gasteiger partial charge in [0.05, 0.1) is 45.2 Å². The maximum Gasteiger partial charge on any atom is 0.227 e. The number of oxazole rings is 2. The van der Waals surface area contributed by atoms with Gasteiger partial charge in [-0.2, -0.15) is 0 Å². The van der Waals surface area contributed by atoms with Crippen molar-refractivity contribution in [3.05, 3.63) is 218 Å². The topological polar surface area (TPSA) is 65.0 Å². The zero-order chi connectivity index (χ0) is 42.7. The van der Waals surface area contributed by atoms with Crippen LogP contribution < -0.4 is 19.6 Å². The van der Waals surface area contributed by atoms with Crippen LogP contribution in [0.4, 0.5) is 51.2 Å². The van der Waals surface area contributed by atoms with Crippen molar-refractivity contribution in [1.29, 1.82) is 0 Å². The number of aromatic nitrogens is 2. The van der Waals surface area contributed by atoms with Crippen LogP contribution in [0.3, 0.4) is 0 Å². The van der Waals surface area contributed by atoms with Crippen LogP contribution in [-0.2, 0) is 0 Å². The van der Waals surface area contributed by atoms with Crippen molar-refractivity contribution in [2.24, 2.45) is 0 Å². The summed E-state index contributed by atoms with van der Waals surface area (Å²) in [6.07, 6.45) is 16.4. The molecule has 8 nitrogen and oxygen atoms in total. The Labute approximate surface area is 375 Å². The lowest BCUT2D eigenvalue weighted by Gasteiger charge is -2.49. The number of anilines is 9. The second-order valence-electron chi connectivity index (χ2n) is 17.4. The molecule has 2 atom stereocenters. The maximum atomic E-state index is 6.48. The summed E-state index contributed by atoms with van der Waals surface area (Å²) in [5.41, 5.74) is 16.1. The first-order valence-corrected chi connectivity index (χ1v) is 22.3. The summed E-state index contributed by atoms with van der Waals surface area (Å²) in [5.74, 6) is 1.19. The van der Waals surface area contributed by atoms with E-state index in [4.69, 9.17) is 18.8 Å². The van der Waals surface area contributed by atoms with Crippen molar-refractivity contribution in [3.8, 4) is 11.5 Å². The third-order valence-electron chi connectivity index (χ3n) is 13.9. The first-order chi connectivity index (χ1) is 32.2. The van der Waals surface area contributed by atoms with Crippen molar-refractivity contribution in [3.63, 3.8) is 0 Å². The molecule has 1 fully saturated rings. The van der Waals surface area contributed by atoms with Gasteiger partial charge in [0.2, 0.25) is 11.8 Å². The van der Waals surface area contributed by atoms with Crippen LogP contribution in [0.2, 0.25) is 0 Å². The molecule has 2 aliphatic heterocycles. The summed E-state index contributed by atoms with van der Waals surface area (Å²) in [7, 11) is 0. The molecule has 0 spiro atoms. The molecule has 7 aromatic carbocycles. The molecule has 0 bridgehead atoms. The zero-order valence-corrected chi connectivity index (χ0v) is 35.3. The van der Waals surface area contributed by atoms with Crippen LogP contribution in [0.5, 0.6) is 0 Å². The normalized spacial score (nSPS) is 20.2. The fourth-order valence-electron chi connectivity index (χ4n) is 11.0. The summed E-state index contributed by atoms with van der Waals surface area (Å²) in [5, 5.41) is 0. The van der Waals surface area contributed by atoms with Gasteiger partial charge in [0.15, 0.2) is 11.2 Å². The Bertz CT molecular complexity index is 3410. The lowest BCUT2D eigenvalue weighted by Crippen LogP contribution is -2.53. The SMILES string of the molecule is C1=CC23CC2(C=C1)N(c1ccccc1)c1ccccc1N3C1=CC=C(c2nc3cc4oc(-c5ccc(N6c7ccccc7N(c7ccccc7)c7ccccc76)cc5)nc4cc3o2)CC1. The van der Waals surface area contributed by atoms with Crippen molar-refractivity contribution in [1.82, 2.24) is 9.97 Å². The van der Waals surface area contributed by atoms with Gasteiger partial charge in [0, 0.05) is 52.4 Å². The first-order valence-electron chi connectivity index (χ1n) is 22.3. The van der Waals surface area contributed by atoms with Gasteiger partial charge in [-0.15, -0.1) is 0 Å². The van der Waals surface area contributed by atoms with E-state index in [1.165, 1.54) is 22.8 Å². The van der Waals surface area contributed by atoms with Gasteiger partial charge < -0.3 is 28.4 Å². The van der Waals surface area contributed by atoms with E-state index in [0.29, 0.717) is 22.9 Å². The molecule has 0 amide bonds. The second kappa shape index (κ2) is 13.6. The van der Waals surface area contributed by atoms with Gasteiger partial charge in [-0.25, -0.2) is 9.97 Å². The number of nitrogens with zero attached hydrogens (tertiary/aromatic N) is 6. The van der Waals surface area contributed by atoms with Crippen LogP contribution in [0, 0.1) is 0 Å². The monoisotopic (exact) mass is 840 g/mol. The number of para-hydroxylation sites is 8. The Morgan fingerprint density at radius 3 is 1.48 bits per heavy atom. The summed E-state index contributed by atoms with van der Waals surface area (Å²) in [4.78, 5) is 19.8. The van der Waals surface area contributed by atoms with E-state index in [1.807, 2.05) is 12.1 Å². The molecule has 8 heteroatoms. The third kappa shape index (κ3) is 5.25. The average molecular weight is 841 g/mol. The van der Waals surface area contributed by atoms with Gasteiger partial charge >= 0.3 is 0 Å². The van der Waals surface area contributed by atoms with Gasteiger partial charge in [-0.05, 0) is 104 Å². The molecule has 2 aromatic heterocycles. The van der Waals surface area contributed by atoms with Crippen LogP contribution in [0.1, 0.15) is 25.2 Å². The average Bonchev–Trinajstić information content (AvgIpc) is 3.62. The van der Waals surface area contributed by atoms with E-state index < -0.39 is 0 Å². The molecule has 1 saturated carbocycles. The Hall–Kier alpha value is -8.36. The van der Waals surface area contributed by atoms with Gasteiger partial charge in [-0.1, -0.05) is 103 Å². The zero-order valence-electron chi connectivity index (χ0n) is 35.3. The van der Waals surface area contributed by atoms with Crippen molar-refractivity contribution in [2.45, 2.75) is 30.3 Å². The summed E-state index contributed by atoms with van der Waals surface area (Å²) in [6, 6.07) is 59.7. The van der Waals surface area contributed by atoms with Gasteiger partial charge in [0.1, 0.15) is 11.0 Å². The van der Waals surface area contributed by atoms with Crippen LogP contribution >= 0.6 is 0 Å². The molecule has 310 valence electrons. The van der Waals surface area contributed by atoms with Crippen LogP contribution in [0.25, 0.3) is 39.2 Å². The Morgan fingerprint density at radius 2 is 0.908 bits per heavy atom. The first kappa shape index (κ1) is 36.2. The summed E-state index contributed by atoms with van der Waals surface area (Å²) < 4.78 is 12.9. The van der Waals surface area contributed by atoms with Gasteiger partial charge in [0.25, 0.3) is 0 Å². The van der Waals surface area contributed by atoms with E-state index in [-0.39, 0.29) is 11.1 Å². The number of hydrogen-bond donors (Lipinski definition) is 0. The van der Waals surface area contributed by atoms with E-state index in [2.05, 4.69) is 214 Å². The van der Waals surface area contributed by atoms with Crippen LogP contribution in [0.15, 0.2) is 221 Å². The lowest BCUT2D eigenvalue weighted by molar-refractivity contribution is 0.576. The highest BCUT2D eigenvalue weighted by molar-refractivity contribution is 6.01. The Balaban J connectivity index is 0.754. The smallest absolute Gasteiger partial charge is 0.227 e. The van der Waals surface area contributed by atoms with Crippen molar-refractivity contribution in [2.75, 3.05) is 19.6 Å². The van der Waals surface area contributed by atoms with Crippen LogP contribution in [-0.4, -0.2) is 21.0 Å². The standard InChI is InChI=1S/C57H40N6O2/c1-3-15-40(16-4-1)60-46-19-7-9-21-48(46)61(49-22-10-8-20-47(49)60)41-29-25-38(26-30-41)54-58-44-35-53-45(36-52(44)64-54)59-55(65-53)39-27-31-43(32-28-39)63-51-24-12-11-23-50(51)62(42-17-5-2-6-18-42)56-33-13-14-34-57(56,63)37-56/h1-27,29-31,33-36H,28,32,37H2. The number of hydrogen-bond acceptors (Lipinski definition) is 8. The molecule has 65 heavy (non-hydrogen) atoms. The Kier molecular flexibility index (Phi) is 7.55. The van der Waals surface area contributed by atoms with E-state index in [1.54, 1.807) is 0 Å². The number of benzene rings is 7. The molecule has 2 unspecified atom stereocenters. The van der Waals surface area contributed by atoms with E-state index >= 15 is 0 Å². The summed E-state index contributed by atoms with van der Waals surface area (Å²) >= 11 is 0. The highest BCUT2D eigenvalue weighted by Gasteiger charge is 2.75. The minimum absolute atomic E-state index is 0.157. The fourth-order valence-corrected chi connectivity index (χ4v) is 11.0. The molecule has 3 aliphatic carbocycles. The number of allylic oxidation sites excluding steroid dienone is 6. The predicted octanol–water partition coefficient (Wildman–Crippen LogP) is 14.6. The van der Waals surface area contributed by atoms with Crippen molar-refractivity contribution < 1.29 is 8.83 Å². The summed E-state index contributed by atoms with van der Waals surface area (Å²) in [6.45, 7) is 0. The quantitative estimate of drug-likeness (QED) is 0.164. The minimum Gasteiger partial charge on any atom is -0.436 e. The number of rotatable bonds is 6. The molecular weight excluding hydrogens is 801 g/mol. The van der Waals surface area contributed by atoms with Gasteiger partial charge in [-0.3, -0.25) is 0 Å². The fraction of sp³-hybridized carbons (Fsp3) is 0.0877. The Morgan fingerprint density at radius 1 is 0.431 bits per heavy atom. The van der Waals surface area contributed by atoms with Crippen molar-refractivity contribution >= 4 is 79.0 Å². The molecule has 0 radical (unpaired) electrons. The third-order valence-corrected chi connectivity index (χ3v) is 13.9. The largest absolute Gasteiger partial charge is 0.436 e. The minimum atomic E-state index is -0.167. The predicted molar refractivity (Wildman–Crippen MR) is 261 cm³/mol. The lowest BCUT2D eigenvalue weighted by atomic mass is 9.91. The molecular formula is C57H40N6O2. The molecule has 9 aromatic rings. The van der Waals surface area contributed by atoms with E-state index in [9.17, 15) is 0 Å². The van der Waals surface area contributed by atoms with E-state index in [0.717, 1.165) is 75.6 Å². The highest BCUT2D eigenvalue weighted by atomic mass is 16.4. The number of fused-ring (bicyclic) bond motifs is 5.